The van der Waals surface area contributed by atoms with Crippen LogP contribution in [0.15, 0.2) is 30.3 Å². The number of carbonyl (C=O) groups is 1. The maximum atomic E-state index is 11.7. The molecule has 17 heavy (non-hydrogen) atoms. The highest BCUT2D eigenvalue weighted by Crippen LogP contribution is 2.19. The van der Waals surface area contributed by atoms with Crippen molar-refractivity contribution in [3.8, 4) is 0 Å². The summed E-state index contributed by atoms with van der Waals surface area (Å²) in [5.41, 5.74) is 1.19. The number of halogens is 1. The Labute approximate surface area is 110 Å². The average molecular weight is 256 g/mol. The van der Waals surface area contributed by atoms with Crippen LogP contribution in [-0.2, 0) is 4.79 Å². The van der Waals surface area contributed by atoms with Crippen LogP contribution in [-0.4, -0.2) is 5.91 Å². The van der Waals surface area contributed by atoms with Gasteiger partial charge in [-0.25, -0.2) is 0 Å². The molecule has 3 heteroatoms. The second-order valence-corrected chi connectivity index (χ2v) is 5.44. The molecule has 96 valence electrons. The first-order chi connectivity index (χ1) is 7.38. The molecule has 1 rings (SSSR count). The van der Waals surface area contributed by atoms with Crippen molar-refractivity contribution in [3.05, 3.63) is 35.9 Å². The molecule has 0 bridgehead atoms. The smallest absolute Gasteiger partial charge is 0.220 e. The SMILES string of the molecule is C[C@@H](NC(=O)CC(C)(C)C)c1ccccc1.Cl. The molecule has 0 fully saturated rings. The quantitative estimate of drug-likeness (QED) is 0.876. The van der Waals surface area contributed by atoms with Crippen LogP contribution in [0.4, 0.5) is 0 Å². The highest BCUT2D eigenvalue weighted by molar-refractivity contribution is 5.85. The zero-order valence-electron chi connectivity index (χ0n) is 11.0. The second-order valence-electron chi connectivity index (χ2n) is 5.44. The van der Waals surface area contributed by atoms with Gasteiger partial charge in [-0.1, -0.05) is 51.1 Å². The second kappa shape index (κ2) is 6.65. The third-order valence-electron chi connectivity index (χ3n) is 2.37. The Kier molecular flexibility index (Phi) is 6.25. The normalized spacial score (nSPS) is 12.5. The van der Waals surface area contributed by atoms with Crippen LogP contribution in [0.25, 0.3) is 0 Å². The van der Waals surface area contributed by atoms with E-state index in [9.17, 15) is 4.79 Å². The van der Waals surface area contributed by atoms with Gasteiger partial charge in [-0.2, -0.15) is 0 Å². The summed E-state index contributed by atoms with van der Waals surface area (Å²) < 4.78 is 0. The van der Waals surface area contributed by atoms with Crippen molar-refractivity contribution in [2.75, 3.05) is 0 Å². The Morgan fingerprint density at radius 3 is 2.24 bits per heavy atom. The average Bonchev–Trinajstić information content (AvgIpc) is 2.16. The number of carbonyl (C=O) groups excluding carboxylic acids is 1. The first-order valence-corrected chi connectivity index (χ1v) is 5.73. The molecule has 1 amide bonds. The lowest BCUT2D eigenvalue weighted by atomic mass is 9.92. The molecule has 0 aliphatic carbocycles. The molecule has 0 radical (unpaired) electrons. The molecule has 0 saturated heterocycles. The van der Waals surface area contributed by atoms with Crippen molar-refractivity contribution in [3.63, 3.8) is 0 Å². The monoisotopic (exact) mass is 255 g/mol. The van der Waals surface area contributed by atoms with Crippen LogP contribution in [0.5, 0.6) is 0 Å². The maximum absolute atomic E-state index is 11.7. The van der Waals surface area contributed by atoms with Crippen LogP contribution in [0.3, 0.4) is 0 Å². The van der Waals surface area contributed by atoms with E-state index in [0.29, 0.717) is 6.42 Å². The highest BCUT2D eigenvalue weighted by Gasteiger charge is 2.17. The van der Waals surface area contributed by atoms with E-state index in [0.717, 1.165) is 5.56 Å². The number of benzene rings is 1. The van der Waals surface area contributed by atoms with Gasteiger partial charge in [0.05, 0.1) is 6.04 Å². The van der Waals surface area contributed by atoms with Crippen LogP contribution < -0.4 is 5.32 Å². The van der Waals surface area contributed by atoms with Crippen molar-refractivity contribution >= 4 is 18.3 Å². The molecule has 0 heterocycles. The van der Waals surface area contributed by atoms with E-state index in [2.05, 4.69) is 26.1 Å². The largest absolute Gasteiger partial charge is 0.350 e. The van der Waals surface area contributed by atoms with E-state index in [1.54, 1.807) is 0 Å². The van der Waals surface area contributed by atoms with Crippen LogP contribution >= 0.6 is 12.4 Å². The molecule has 2 nitrogen and oxygen atoms in total. The van der Waals surface area contributed by atoms with E-state index in [1.165, 1.54) is 0 Å². The maximum Gasteiger partial charge on any atom is 0.220 e. The lowest BCUT2D eigenvalue weighted by Gasteiger charge is -2.20. The van der Waals surface area contributed by atoms with Gasteiger partial charge in [0.15, 0.2) is 0 Å². The Hall–Kier alpha value is -1.02. The Morgan fingerprint density at radius 1 is 1.24 bits per heavy atom. The van der Waals surface area contributed by atoms with Gasteiger partial charge in [0.2, 0.25) is 5.91 Å². The van der Waals surface area contributed by atoms with Crippen LogP contribution in [0.1, 0.15) is 45.7 Å². The third kappa shape index (κ3) is 6.32. The van der Waals surface area contributed by atoms with Crippen molar-refractivity contribution in [2.24, 2.45) is 5.41 Å². The molecule has 0 aromatic heterocycles. The zero-order chi connectivity index (χ0) is 12.2. The van der Waals surface area contributed by atoms with Gasteiger partial charge < -0.3 is 5.32 Å². The minimum Gasteiger partial charge on any atom is -0.350 e. The lowest BCUT2D eigenvalue weighted by Crippen LogP contribution is -2.29. The summed E-state index contributed by atoms with van der Waals surface area (Å²) in [5.74, 6) is 0.115. The minimum atomic E-state index is 0. The van der Waals surface area contributed by atoms with Crippen LogP contribution in [0, 0.1) is 5.41 Å². The van der Waals surface area contributed by atoms with Gasteiger partial charge >= 0.3 is 0 Å². The number of nitrogens with one attached hydrogen (secondary N) is 1. The van der Waals surface area contributed by atoms with Gasteiger partial charge in [-0.15, -0.1) is 12.4 Å². The fourth-order valence-electron chi connectivity index (χ4n) is 1.60. The third-order valence-corrected chi connectivity index (χ3v) is 2.37. The van der Waals surface area contributed by atoms with Gasteiger partial charge in [0, 0.05) is 6.42 Å². The molecule has 1 N–H and O–H groups in total. The summed E-state index contributed by atoms with van der Waals surface area (Å²) in [6.45, 7) is 8.22. The molecule has 0 aliphatic rings. The van der Waals surface area contributed by atoms with Crippen molar-refractivity contribution in [1.29, 1.82) is 0 Å². The van der Waals surface area contributed by atoms with E-state index >= 15 is 0 Å². The molecule has 0 spiro atoms. The fourth-order valence-corrected chi connectivity index (χ4v) is 1.60. The van der Waals surface area contributed by atoms with Gasteiger partial charge in [0.1, 0.15) is 0 Å². The lowest BCUT2D eigenvalue weighted by molar-refractivity contribution is -0.123. The Balaban J connectivity index is 0.00000256. The molecule has 1 aromatic carbocycles. The van der Waals surface area contributed by atoms with E-state index in [1.807, 2.05) is 37.3 Å². The molecule has 1 aromatic rings. The number of rotatable bonds is 3. The fraction of sp³-hybridized carbons (Fsp3) is 0.500. The molecular weight excluding hydrogens is 234 g/mol. The van der Waals surface area contributed by atoms with Gasteiger partial charge in [-0.3, -0.25) is 4.79 Å². The molecule has 1 atom stereocenters. The predicted octanol–water partition coefficient (Wildman–Crippen LogP) is 3.72. The van der Waals surface area contributed by atoms with E-state index < -0.39 is 0 Å². The molecule has 0 saturated carbocycles. The first kappa shape index (κ1) is 16.0. The van der Waals surface area contributed by atoms with Crippen molar-refractivity contribution in [1.82, 2.24) is 5.32 Å². The number of hydrogen-bond donors (Lipinski definition) is 1. The van der Waals surface area contributed by atoms with Crippen molar-refractivity contribution < 1.29 is 4.79 Å². The van der Waals surface area contributed by atoms with Gasteiger partial charge in [-0.05, 0) is 17.9 Å². The van der Waals surface area contributed by atoms with E-state index in [-0.39, 0.29) is 29.8 Å². The zero-order valence-corrected chi connectivity index (χ0v) is 11.8. The summed E-state index contributed by atoms with van der Waals surface area (Å²) in [4.78, 5) is 11.7. The Bertz CT molecular complexity index is 343. The highest BCUT2D eigenvalue weighted by atomic mass is 35.5. The Morgan fingerprint density at radius 2 is 1.76 bits per heavy atom. The molecule has 0 aliphatic heterocycles. The topological polar surface area (TPSA) is 29.1 Å². The summed E-state index contributed by atoms with van der Waals surface area (Å²) in [6, 6.07) is 10.1. The standard InChI is InChI=1S/C14H21NO.ClH/c1-11(12-8-6-5-7-9-12)15-13(16)10-14(2,3)4;/h5-9,11H,10H2,1-4H3,(H,15,16);1H/t11-;/m1./s1. The van der Waals surface area contributed by atoms with Crippen LogP contribution in [0.2, 0.25) is 0 Å². The number of hydrogen-bond acceptors (Lipinski definition) is 1. The predicted molar refractivity (Wildman–Crippen MR) is 74.3 cm³/mol. The number of amides is 1. The van der Waals surface area contributed by atoms with Crippen molar-refractivity contribution in [2.45, 2.75) is 40.2 Å². The minimum absolute atomic E-state index is 0. The van der Waals surface area contributed by atoms with E-state index in [4.69, 9.17) is 0 Å². The summed E-state index contributed by atoms with van der Waals surface area (Å²) in [5, 5.41) is 3.01. The summed E-state index contributed by atoms with van der Waals surface area (Å²) >= 11 is 0. The molecular formula is C14H22ClNO. The summed E-state index contributed by atoms with van der Waals surface area (Å²) in [7, 11) is 0. The molecule has 0 unspecified atom stereocenters. The first-order valence-electron chi connectivity index (χ1n) is 5.73. The van der Waals surface area contributed by atoms with Gasteiger partial charge in [0.25, 0.3) is 0 Å². The summed E-state index contributed by atoms with van der Waals surface area (Å²) in [6.07, 6.45) is 0.560.